The molecule has 3 aromatic rings. The lowest BCUT2D eigenvalue weighted by atomic mass is 10.0. The van der Waals surface area contributed by atoms with Crippen molar-refractivity contribution in [1.29, 1.82) is 0 Å². The highest BCUT2D eigenvalue weighted by Gasteiger charge is 2.25. The minimum atomic E-state index is -1.22. The Morgan fingerprint density at radius 2 is 1.53 bits per heavy atom. The zero-order chi connectivity index (χ0) is 26.1. The number of imidazole rings is 1. The molecule has 0 radical (unpaired) electrons. The van der Waals surface area contributed by atoms with Gasteiger partial charge in [-0.1, -0.05) is 93.3 Å². The van der Waals surface area contributed by atoms with E-state index >= 15 is 0 Å². The third-order valence-corrected chi connectivity index (χ3v) is 8.10. The van der Waals surface area contributed by atoms with E-state index in [1.54, 1.807) is 0 Å². The zero-order valence-electron chi connectivity index (χ0n) is 21.7. The van der Waals surface area contributed by atoms with E-state index in [4.69, 9.17) is 37.7 Å². The summed E-state index contributed by atoms with van der Waals surface area (Å²) in [5.74, 6) is -0.218. The molecule has 0 saturated carbocycles. The van der Waals surface area contributed by atoms with E-state index in [9.17, 15) is 4.79 Å². The van der Waals surface area contributed by atoms with Crippen LogP contribution in [0.4, 0.5) is 0 Å². The standard InChI is InChI=1S/C28H36Cl2N2O3Si/c1-5-6-7-8-17-32-26(22-11-15-24(30)16-12-22)25(21-9-13-23(29)14-10-21)31-27(32)28(33)35-20-34-18-19-36(2,3)4/h9-16H,5-8,17-20H2,1-4H3. The van der Waals surface area contributed by atoms with Crippen molar-refractivity contribution in [3.05, 3.63) is 64.4 Å². The molecule has 0 fully saturated rings. The van der Waals surface area contributed by atoms with Crippen LogP contribution < -0.4 is 0 Å². The second-order valence-electron chi connectivity index (χ2n) is 10.1. The van der Waals surface area contributed by atoms with Crippen LogP contribution in [-0.2, 0) is 16.0 Å². The van der Waals surface area contributed by atoms with Gasteiger partial charge in [0.05, 0.1) is 11.4 Å². The van der Waals surface area contributed by atoms with E-state index in [1.807, 2.05) is 53.1 Å². The van der Waals surface area contributed by atoms with Crippen LogP contribution in [0.25, 0.3) is 22.5 Å². The number of unbranched alkanes of at least 4 members (excludes halogenated alkanes) is 3. The van der Waals surface area contributed by atoms with Gasteiger partial charge in [-0.3, -0.25) is 0 Å². The molecule has 5 nitrogen and oxygen atoms in total. The molecule has 0 spiro atoms. The SMILES string of the molecule is CCCCCCn1c(C(=O)OCOCC[Si](C)(C)C)nc(-c2ccc(Cl)cc2)c1-c1ccc(Cl)cc1. The fourth-order valence-corrected chi connectivity index (χ4v) is 4.84. The van der Waals surface area contributed by atoms with Crippen LogP contribution in [-0.4, -0.2) is 37.0 Å². The molecule has 0 atom stereocenters. The largest absolute Gasteiger partial charge is 0.433 e. The number of hydrogen-bond donors (Lipinski definition) is 0. The highest BCUT2D eigenvalue weighted by Crippen LogP contribution is 2.35. The molecular formula is C28H36Cl2N2O3Si. The molecule has 8 heteroatoms. The smallest absolute Gasteiger partial charge is 0.376 e. The fourth-order valence-electron chi connectivity index (χ4n) is 3.83. The molecule has 0 unspecified atom stereocenters. The minimum absolute atomic E-state index is 0.0848. The molecule has 0 aliphatic rings. The summed E-state index contributed by atoms with van der Waals surface area (Å²) in [5, 5.41) is 1.29. The van der Waals surface area contributed by atoms with Crippen molar-refractivity contribution < 1.29 is 14.3 Å². The number of ether oxygens (including phenoxy) is 2. The first-order valence-electron chi connectivity index (χ1n) is 12.6. The third kappa shape index (κ3) is 8.20. The predicted molar refractivity (Wildman–Crippen MR) is 152 cm³/mol. The molecular weight excluding hydrogens is 511 g/mol. The first kappa shape index (κ1) is 28.4. The Labute approximate surface area is 225 Å². The van der Waals surface area contributed by atoms with Gasteiger partial charge in [-0.25, -0.2) is 9.78 Å². The summed E-state index contributed by atoms with van der Waals surface area (Å²) < 4.78 is 13.1. The van der Waals surface area contributed by atoms with Crippen LogP contribution in [0.3, 0.4) is 0 Å². The van der Waals surface area contributed by atoms with E-state index < -0.39 is 14.0 Å². The number of esters is 1. The Bertz CT molecular complexity index is 1120. The maximum Gasteiger partial charge on any atom is 0.376 e. The Hall–Kier alpha value is -2.12. The van der Waals surface area contributed by atoms with Crippen LogP contribution >= 0.6 is 23.2 Å². The van der Waals surface area contributed by atoms with Gasteiger partial charge in [0.15, 0.2) is 6.79 Å². The zero-order valence-corrected chi connectivity index (χ0v) is 24.2. The van der Waals surface area contributed by atoms with Crippen LogP contribution in [0, 0.1) is 0 Å². The monoisotopic (exact) mass is 546 g/mol. The number of halogens is 2. The van der Waals surface area contributed by atoms with Gasteiger partial charge in [0.25, 0.3) is 0 Å². The van der Waals surface area contributed by atoms with Crippen LogP contribution in [0.15, 0.2) is 48.5 Å². The molecule has 194 valence electrons. The molecule has 0 bridgehead atoms. The number of carbonyl (C=O) groups is 1. The van der Waals surface area contributed by atoms with E-state index in [-0.39, 0.29) is 12.6 Å². The molecule has 0 N–H and O–H groups in total. The van der Waals surface area contributed by atoms with E-state index in [0.717, 1.165) is 48.5 Å². The fraction of sp³-hybridized carbons (Fsp3) is 0.429. The summed E-state index contributed by atoms with van der Waals surface area (Å²) in [6.45, 7) is 10.2. The normalized spacial score (nSPS) is 11.6. The Morgan fingerprint density at radius 1 is 0.917 bits per heavy atom. The van der Waals surface area contributed by atoms with Crippen molar-refractivity contribution in [2.24, 2.45) is 0 Å². The predicted octanol–water partition coefficient (Wildman–Crippen LogP) is 8.57. The third-order valence-electron chi connectivity index (χ3n) is 5.89. The maximum absolute atomic E-state index is 13.2. The van der Waals surface area contributed by atoms with Crippen LogP contribution in [0.1, 0.15) is 43.2 Å². The summed E-state index contributed by atoms with van der Waals surface area (Å²) >= 11 is 12.3. The highest BCUT2D eigenvalue weighted by atomic mass is 35.5. The number of aromatic nitrogens is 2. The van der Waals surface area contributed by atoms with Gasteiger partial charge in [0, 0.05) is 42.4 Å². The molecule has 3 rings (SSSR count). The number of hydrogen-bond acceptors (Lipinski definition) is 4. The second kappa shape index (κ2) is 13.4. The van der Waals surface area contributed by atoms with E-state index in [0.29, 0.717) is 28.9 Å². The average Bonchev–Trinajstić information content (AvgIpc) is 3.21. The molecule has 0 aliphatic heterocycles. The van der Waals surface area contributed by atoms with Crippen molar-refractivity contribution in [3.8, 4) is 22.5 Å². The highest BCUT2D eigenvalue weighted by molar-refractivity contribution is 6.76. The Morgan fingerprint density at radius 3 is 2.11 bits per heavy atom. The summed E-state index contributed by atoms with van der Waals surface area (Å²) in [4.78, 5) is 18.0. The van der Waals surface area contributed by atoms with Gasteiger partial charge in [-0.05, 0) is 36.7 Å². The summed E-state index contributed by atoms with van der Waals surface area (Å²) in [7, 11) is -1.22. The quantitative estimate of drug-likeness (QED) is 0.0931. The van der Waals surface area contributed by atoms with Crippen LogP contribution in [0.2, 0.25) is 35.7 Å². The number of carbonyl (C=O) groups excluding carboxylic acids is 1. The lowest BCUT2D eigenvalue weighted by Gasteiger charge is -2.15. The lowest BCUT2D eigenvalue weighted by molar-refractivity contribution is -0.0288. The molecule has 2 aromatic carbocycles. The van der Waals surface area contributed by atoms with Crippen molar-refractivity contribution in [3.63, 3.8) is 0 Å². The van der Waals surface area contributed by atoms with Crippen molar-refractivity contribution in [1.82, 2.24) is 9.55 Å². The average molecular weight is 548 g/mol. The van der Waals surface area contributed by atoms with E-state index in [1.165, 1.54) is 0 Å². The van der Waals surface area contributed by atoms with E-state index in [2.05, 4.69) is 26.6 Å². The van der Waals surface area contributed by atoms with Crippen molar-refractivity contribution >= 4 is 37.2 Å². The summed E-state index contributed by atoms with van der Waals surface area (Å²) in [5.41, 5.74) is 3.36. The van der Waals surface area contributed by atoms with Gasteiger partial charge in [0.2, 0.25) is 5.82 Å². The lowest BCUT2D eigenvalue weighted by Crippen LogP contribution is -2.22. The molecule has 0 aliphatic carbocycles. The van der Waals surface area contributed by atoms with Gasteiger partial charge >= 0.3 is 5.97 Å². The maximum atomic E-state index is 13.2. The molecule has 1 heterocycles. The molecule has 0 amide bonds. The molecule has 0 saturated heterocycles. The van der Waals surface area contributed by atoms with Gasteiger partial charge in [0.1, 0.15) is 0 Å². The minimum Gasteiger partial charge on any atom is -0.433 e. The summed E-state index contributed by atoms with van der Waals surface area (Å²) in [6.07, 6.45) is 4.27. The Kier molecular flexibility index (Phi) is 10.6. The number of rotatable bonds is 13. The molecule has 36 heavy (non-hydrogen) atoms. The van der Waals surface area contributed by atoms with Crippen molar-refractivity contribution in [2.45, 2.75) is 64.8 Å². The summed E-state index contributed by atoms with van der Waals surface area (Å²) in [6, 6.07) is 16.1. The van der Waals surface area contributed by atoms with Gasteiger partial charge in [-0.2, -0.15) is 0 Å². The van der Waals surface area contributed by atoms with Gasteiger partial charge in [-0.15, -0.1) is 0 Å². The topological polar surface area (TPSA) is 53.4 Å². The van der Waals surface area contributed by atoms with Crippen LogP contribution in [0.5, 0.6) is 0 Å². The second-order valence-corrected chi connectivity index (χ2v) is 16.6. The number of benzene rings is 2. The Balaban J connectivity index is 1.97. The van der Waals surface area contributed by atoms with Crippen molar-refractivity contribution in [2.75, 3.05) is 13.4 Å². The first-order chi connectivity index (χ1) is 17.2. The first-order valence-corrected chi connectivity index (χ1v) is 17.0. The molecule has 1 aromatic heterocycles. The van der Waals surface area contributed by atoms with Gasteiger partial charge < -0.3 is 14.0 Å². The number of nitrogens with zero attached hydrogens (tertiary/aromatic N) is 2.